The van der Waals surface area contributed by atoms with Gasteiger partial charge in [-0.1, -0.05) is 37.3 Å². The molecule has 5 heteroatoms. The van der Waals surface area contributed by atoms with E-state index in [0.717, 1.165) is 52.0 Å². The maximum absolute atomic E-state index is 12.3. The number of amides is 2. The molecule has 25 heavy (non-hydrogen) atoms. The van der Waals surface area contributed by atoms with E-state index in [-0.39, 0.29) is 23.8 Å². The first-order valence-electron chi connectivity index (χ1n) is 9.41. The van der Waals surface area contributed by atoms with E-state index in [0.29, 0.717) is 6.42 Å². The fourth-order valence-corrected chi connectivity index (χ4v) is 3.99. The van der Waals surface area contributed by atoms with Crippen molar-refractivity contribution in [3.8, 4) is 0 Å². The lowest BCUT2D eigenvalue weighted by molar-refractivity contribution is -0.132. The van der Waals surface area contributed by atoms with Crippen LogP contribution in [0.15, 0.2) is 30.3 Å². The summed E-state index contributed by atoms with van der Waals surface area (Å²) in [7, 11) is 0. The molecule has 1 N–H and O–H groups in total. The third-order valence-corrected chi connectivity index (χ3v) is 5.71. The molecule has 0 atom stereocenters. The summed E-state index contributed by atoms with van der Waals surface area (Å²) < 4.78 is 0. The zero-order valence-corrected chi connectivity index (χ0v) is 15.2. The van der Waals surface area contributed by atoms with Gasteiger partial charge in [0.1, 0.15) is 0 Å². The Balaban J connectivity index is 1.46. The first-order chi connectivity index (χ1) is 12.1. The Labute approximate surface area is 150 Å². The lowest BCUT2D eigenvalue weighted by Crippen LogP contribution is -2.43. The van der Waals surface area contributed by atoms with Crippen molar-refractivity contribution in [2.75, 3.05) is 32.7 Å². The molecule has 3 rings (SSSR count). The first kappa shape index (κ1) is 17.9. The average Bonchev–Trinajstić information content (AvgIpc) is 3.06. The van der Waals surface area contributed by atoms with Crippen molar-refractivity contribution in [2.45, 2.75) is 39.2 Å². The summed E-state index contributed by atoms with van der Waals surface area (Å²) in [4.78, 5) is 28.1. The molecule has 1 spiro atoms. The van der Waals surface area contributed by atoms with Gasteiger partial charge >= 0.3 is 0 Å². The van der Waals surface area contributed by atoms with Crippen molar-refractivity contribution in [3.05, 3.63) is 35.9 Å². The van der Waals surface area contributed by atoms with Crippen LogP contribution < -0.4 is 5.32 Å². The summed E-state index contributed by atoms with van der Waals surface area (Å²) in [6, 6.07) is 10.6. The molecule has 2 amide bonds. The van der Waals surface area contributed by atoms with Crippen LogP contribution in [0.1, 0.15) is 38.2 Å². The van der Waals surface area contributed by atoms with E-state index in [1.54, 1.807) is 6.92 Å². The Morgan fingerprint density at radius 1 is 1.08 bits per heavy atom. The summed E-state index contributed by atoms with van der Waals surface area (Å²) in [6.45, 7) is 6.85. The molecule has 0 aromatic heterocycles. The maximum atomic E-state index is 12.3. The Hall–Kier alpha value is -1.88. The van der Waals surface area contributed by atoms with E-state index < -0.39 is 0 Å². The quantitative estimate of drug-likeness (QED) is 0.890. The summed E-state index contributed by atoms with van der Waals surface area (Å²) in [5.41, 5.74) is 1.66. The zero-order chi connectivity index (χ0) is 17.7. The van der Waals surface area contributed by atoms with E-state index >= 15 is 0 Å². The highest BCUT2D eigenvalue weighted by atomic mass is 16.2. The van der Waals surface area contributed by atoms with Crippen LogP contribution in [-0.2, 0) is 16.1 Å². The van der Waals surface area contributed by atoms with Gasteiger partial charge in [0.25, 0.3) is 0 Å². The SMILES string of the molecule is CCC(=O)NCC(=O)N1CCC2(CCN(Cc3ccccc3)CC2)C1. The third kappa shape index (κ3) is 4.60. The zero-order valence-electron chi connectivity index (χ0n) is 15.2. The Morgan fingerprint density at radius 2 is 1.76 bits per heavy atom. The van der Waals surface area contributed by atoms with Crippen LogP contribution in [0.5, 0.6) is 0 Å². The van der Waals surface area contributed by atoms with Gasteiger partial charge in [0.15, 0.2) is 0 Å². The molecule has 0 bridgehead atoms. The molecule has 1 aromatic rings. The number of nitrogens with zero attached hydrogens (tertiary/aromatic N) is 2. The predicted octanol–water partition coefficient (Wildman–Crippen LogP) is 2.03. The van der Waals surface area contributed by atoms with E-state index in [2.05, 4.69) is 40.5 Å². The lowest BCUT2D eigenvalue weighted by atomic mass is 9.77. The number of carbonyl (C=O) groups excluding carboxylic acids is 2. The Kier molecular flexibility index (Phi) is 5.74. The van der Waals surface area contributed by atoms with E-state index in [4.69, 9.17) is 0 Å². The van der Waals surface area contributed by atoms with Gasteiger partial charge in [-0.15, -0.1) is 0 Å². The Morgan fingerprint density at radius 3 is 2.44 bits per heavy atom. The molecule has 2 aliphatic heterocycles. The van der Waals surface area contributed by atoms with Crippen LogP contribution in [-0.4, -0.2) is 54.3 Å². The summed E-state index contributed by atoms with van der Waals surface area (Å²) >= 11 is 0. The van der Waals surface area contributed by atoms with Gasteiger partial charge in [0.05, 0.1) is 6.54 Å². The van der Waals surface area contributed by atoms with Gasteiger partial charge in [0.2, 0.25) is 11.8 Å². The molecule has 0 unspecified atom stereocenters. The minimum absolute atomic E-state index is 0.0588. The topological polar surface area (TPSA) is 52.7 Å². The van der Waals surface area contributed by atoms with Gasteiger partial charge in [0, 0.05) is 26.1 Å². The number of rotatable bonds is 5. The third-order valence-electron chi connectivity index (χ3n) is 5.71. The smallest absolute Gasteiger partial charge is 0.241 e. The Bertz CT molecular complexity index is 594. The van der Waals surface area contributed by atoms with Gasteiger partial charge in [-0.2, -0.15) is 0 Å². The number of piperidine rings is 1. The van der Waals surface area contributed by atoms with Crippen molar-refractivity contribution >= 4 is 11.8 Å². The van der Waals surface area contributed by atoms with Crippen molar-refractivity contribution < 1.29 is 9.59 Å². The van der Waals surface area contributed by atoms with Crippen LogP contribution in [0.4, 0.5) is 0 Å². The minimum atomic E-state index is -0.0588. The molecule has 5 nitrogen and oxygen atoms in total. The highest BCUT2D eigenvalue weighted by Gasteiger charge is 2.41. The molecular formula is C20H29N3O2. The molecule has 0 saturated carbocycles. The molecule has 2 saturated heterocycles. The number of likely N-dealkylation sites (tertiary alicyclic amines) is 2. The maximum Gasteiger partial charge on any atom is 0.241 e. The number of nitrogens with one attached hydrogen (secondary N) is 1. The van der Waals surface area contributed by atoms with Crippen molar-refractivity contribution in [2.24, 2.45) is 5.41 Å². The van der Waals surface area contributed by atoms with Crippen LogP contribution in [0.25, 0.3) is 0 Å². The van der Waals surface area contributed by atoms with Crippen LogP contribution >= 0.6 is 0 Å². The molecule has 2 aliphatic rings. The fraction of sp³-hybridized carbons (Fsp3) is 0.600. The van der Waals surface area contributed by atoms with Crippen molar-refractivity contribution in [1.29, 1.82) is 0 Å². The molecule has 2 fully saturated rings. The normalized spacial score (nSPS) is 20.0. The number of carbonyl (C=O) groups is 2. The van der Waals surface area contributed by atoms with Crippen LogP contribution in [0.2, 0.25) is 0 Å². The van der Waals surface area contributed by atoms with Gasteiger partial charge in [-0.3, -0.25) is 14.5 Å². The molecule has 0 radical (unpaired) electrons. The highest BCUT2D eigenvalue weighted by Crippen LogP contribution is 2.40. The fourth-order valence-electron chi connectivity index (χ4n) is 3.99. The van der Waals surface area contributed by atoms with E-state index in [1.807, 2.05) is 4.90 Å². The number of hydrogen-bond acceptors (Lipinski definition) is 3. The summed E-state index contributed by atoms with van der Waals surface area (Å²) in [5, 5.41) is 2.70. The van der Waals surface area contributed by atoms with Crippen molar-refractivity contribution in [3.63, 3.8) is 0 Å². The summed E-state index contributed by atoms with van der Waals surface area (Å²) in [6.07, 6.45) is 3.84. The largest absolute Gasteiger partial charge is 0.347 e. The van der Waals surface area contributed by atoms with Gasteiger partial charge in [-0.05, 0) is 43.3 Å². The summed E-state index contributed by atoms with van der Waals surface area (Å²) in [5.74, 6) is 0.00173. The second-order valence-electron chi connectivity index (χ2n) is 7.46. The average molecular weight is 343 g/mol. The number of benzene rings is 1. The highest BCUT2D eigenvalue weighted by molar-refractivity contribution is 5.84. The van der Waals surface area contributed by atoms with Crippen LogP contribution in [0.3, 0.4) is 0 Å². The monoisotopic (exact) mass is 343 g/mol. The van der Waals surface area contributed by atoms with E-state index in [9.17, 15) is 9.59 Å². The second-order valence-corrected chi connectivity index (χ2v) is 7.46. The molecule has 2 heterocycles. The lowest BCUT2D eigenvalue weighted by Gasteiger charge is -2.39. The van der Waals surface area contributed by atoms with Gasteiger partial charge in [-0.25, -0.2) is 0 Å². The van der Waals surface area contributed by atoms with Crippen LogP contribution in [0, 0.1) is 5.41 Å². The van der Waals surface area contributed by atoms with Gasteiger partial charge < -0.3 is 10.2 Å². The molecule has 0 aliphatic carbocycles. The van der Waals surface area contributed by atoms with E-state index in [1.165, 1.54) is 5.56 Å². The minimum Gasteiger partial charge on any atom is -0.347 e. The molecule has 1 aromatic carbocycles. The molecular weight excluding hydrogens is 314 g/mol. The predicted molar refractivity (Wildman–Crippen MR) is 97.9 cm³/mol. The molecule has 136 valence electrons. The first-order valence-corrected chi connectivity index (χ1v) is 9.41. The second kappa shape index (κ2) is 8.00. The van der Waals surface area contributed by atoms with Crippen molar-refractivity contribution in [1.82, 2.24) is 15.1 Å². The standard InChI is InChI=1S/C20H29N3O2/c1-2-18(24)21-14-19(25)23-13-10-20(16-23)8-11-22(12-9-20)15-17-6-4-3-5-7-17/h3-7H,2,8-16H2,1H3,(H,21,24). The number of hydrogen-bond donors (Lipinski definition) is 1.